The summed E-state index contributed by atoms with van der Waals surface area (Å²) in [6.45, 7) is 10.2. The van der Waals surface area contributed by atoms with Gasteiger partial charge in [-0.15, -0.1) is 0 Å². The van der Waals surface area contributed by atoms with Gasteiger partial charge in [0, 0.05) is 11.4 Å². The van der Waals surface area contributed by atoms with Gasteiger partial charge in [-0.05, 0) is 169 Å². The van der Waals surface area contributed by atoms with Crippen molar-refractivity contribution in [3.8, 4) is 44.5 Å². The molecule has 0 unspecified atom stereocenters. The van der Waals surface area contributed by atoms with Gasteiger partial charge in [0.05, 0.1) is 27.9 Å². The molecule has 0 fully saturated rings. The van der Waals surface area contributed by atoms with E-state index in [-0.39, 0.29) is 27.8 Å². The van der Waals surface area contributed by atoms with Crippen molar-refractivity contribution in [2.24, 2.45) is 0 Å². The minimum absolute atomic E-state index is 0.00161. The third kappa shape index (κ3) is 8.53. The summed E-state index contributed by atoms with van der Waals surface area (Å²) in [5.41, 5.74) is 11.0. The van der Waals surface area contributed by atoms with E-state index in [0.717, 1.165) is 72.0 Å². The number of rotatable bonds is 15. The first-order valence-corrected chi connectivity index (χ1v) is 24.2. The number of benzene rings is 9. The Hall–Kier alpha value is -8.82. The van der Waals surface area contributed by atoms with Crippen LogP contribution in [0.25, 0.3) is 66.1 Å². The third-order valence-corrected chi connectivity index (χ3v) is 13.9. The summed E-state index contributed by atoms with van der Waals surface area (Å²) in [5.74, 6) is -4.72. The van der Waals surface area contributed by atoms with Gasteiger partial charge in [0.25, 0.3) is 0 Å². The van der Waals surface area contributed by atoms with E-state index < -0.39 is 23.9 Å². The van der Waals surface area contributed by atoms with Gasteiger partial charge in [-0.3, -0.25) is 0 Å². The Morgan fingerprint density at radius 2 is 0.750 bits per heavy atom. The van der Waals surface area contributed by atoms with Gasteiger partial charge in [-0.2, -0.15) is 0 Å². The van der Waals surface area contributed by atoms with Crippen LogP contribution in [0.2, 0.25) is 0 Å². The fourth-order valence-electron chi connectivity index (χ4n) is 10.7. The van der Waals surface area contributed by atoms with Crippen LogP contribution in [0, 0.1) is 6.92 Å². The number of nitrogens with zero attached hydrogens (tertiary/aromatic N) is 1. The zero-order chi connectivity index (χ0) is 51.0. The van der Waals surface area contributed by atoms with Crippen molar-refractivity contribution in [2.45, 2.75) is 60.3 Å². The number of aryl methyl sites for hydroxylation is 1. The highest BCUT2D eigenvalue weighted by Crippen LogP contribution is 2.49. The van der Waals surface area contributed by atoms with Crippen LogP contribution in [-0.4, -0.2) is 44.3 Å². The number of hydrogen-bond donors (Lipinski definition) is 4. The van der Waals surface area contributed by atoms with E-state index in [2.05, 4.69) is 30.9 Å². The minimum atomic E-state index is -1.20. The molecule has 0 aromatic heterocycles. The molecule has 9 aromatic carbocycles. The van der Waals surface area contributed by atoms with E-state index >= 15 is 0 Å². The Kier molecular flexibility index (Phi) is 13.3. The predicted octanol–water partition coefficient (Wildman–Crippen LogP) is 15.5. The fourth-order valence-corrected chi connectivity index (χ4v) is 10.7. The summed E-state index contributed by atoms with van der Waals surface area (Å²) < 4.78 is 0. The smallest absolute Gasteiger partial charge is 0.336 e. The van der Waals surface area contributed by atoms with Crippen LogP contribution in [0.4, 0.5) is 17.1 Å². The zero-order valence-corrected chi connectivity index (χ0v) is 40.7. The van der Waals surface area contributed by atoms with Crippen LogP contribution in [0.1, 0.15) is 96.9 Å². The Balaban J connectivity index is 1.26. The molecule has 0 aliphatic heterocycles. The van der Waals surface area contributed by atoms with Gasteiger partial charge < -0.3 is 25.3 Å². The van der Waals surface area contributed by atoms with Crippen LogP contribution in [-0.2, 0) is 25.7 Å². The largest absolute Gasteiger partial charge is 0.478 e. The molecule has 9 aromatic rings. The summed E-state index contributed by atoms with van der Waals surface area (Å²) in [5, 5.41) is 46.7. The van der Waals surface area contributed by atoms with E-state index in [1.54, 1.807) is 12.1 Å². The number of aromatic carboxylic acids is 4. The number of carboxylic acids is 4. The predicted molar refractivity (Wildman–Crippen MR) is 288 cm³/mol. The summed E-state index contributed by atoms with van der Waals surface area (Å²) in [7, 11) is 0. The Morgan fingerprint density at radius 1 is 0.389 bits per heavy atom. The molecule has 0 amide bonds. The molecule has 9 heteroatoms. The molecule has 0 atom stereocenters. The van der Waals surface area contributed by atoms with Gasteiger partial charge in [0.2, 0.25) is 0 Å². The Morgan fingerprint density at radius 3 is 1.18 bits per heavy atom. The first kappa shape index (κ1) is 48.2. The first-order valence-electron chi connectivity index (χ1n) is 24.2. The summed E-state index contributed by atoms with van der Waals surface area (Å²) in [6.07, 6.45) is 2.12. The molecule has 358 valence electrons. The first-order chi connectivity index (χ1) is 34.8. The average Bonchev–Trinajstić information content (AvgIpc) is 3.39. The van der Waals surface area contributed by atoms with Crippen molar-refractivity contribution in [2.75, 3.05) is 4.90 Å². The number of anilines is 3. The van der Waals surface area contributed by atoms with Crippen LogP contribution in [0.3, 0.4) is 0 Å². The molecule has 0 aliphatic rings. The fraction of sp³-hybridized carbons (Fsp3) is 0.143. The maximum absolute atomic E-state index is 13.6. The summed E-state index contributed by atoms with van der Waals surface area (Å²) in [4.78, 5) is 55.2. The monoisotopic (exact) mass is 951 g/mol. The molecule has 0 saturated carbocycles. The second-order valence-electron chi connectivity index (χ2n) is 17.9. The van der Waals surface area contributed by atoms with E-state index in [0.29, 0.717) is 59.1 Å². The zero-order valence-electron chi connectivity index (χ0n) is 40.7. The standard InChI is InChI=1S/C63H53NO8/c1-6-42-44(8-3)59(45(9-4)43(7-2)58(42)53-35-56(62(69)70)52(34-57(53)63(71)72)49-23-15-19-38-17-11-13-21-47(38)49)64(40-28-24-36(5)25-29-40)41-30-26-39(27-31-41)50-32-55(61(67)68)51(33-54(50)60(65)66)48-22-14-18-37-16-10-12-20-46(37)48/h10-35H,6-9H2,1-5H3,(H,65,66)(H,67,68)(H,69,70)(H,71,72). The van der Waals surface area contributed by atoms with E-state index in [1.807, 2.05) is 136 Å². The minimum Gasteiger partial charge on any atom is -0.478 e. The van der Waals surface area contributed by atoms with E-state index in [4.69, 9.17) is 0 Å². The maximum atomic E-state index is 13.6. The normalized spacial score (nSPS) is 11.2. The summed E-state index contributed by atoms with van der Waals surface area (Å²) >= 11 is 0. The highest BCUT2D eigenvalue weighted by molar-refractivity contribution is 6.10. The molecule has 0 radical (unpaired) electrons. The molecule has 0 aliphatic carbocycles. The Labute approximate surface area is 417 Å². The number of fused-ring (bicyclic) bond motifs is 2. The lowest BCUT2D eigenvalue weighted by atomic mass is 9.79. The van der Waals surface area contributed by atoms with Gasteiger partial charge in [0.15, 0.2) is 0 Å². The molecule has 0 spiro atoms. The third-order valence-electron chi connectivity index (χ3n) is 13.9. The van der Waals surface area contributed by atoms with Crippen LogP contribution in [0.5, 0.6) is 0 Å². The van der Waals surface area contributed by atoms with Crippen LogP contribution >= 0.6 is 0 Å². The lowest BCUT2D eigenvalue weighted by molar-refractivity contribution is 0.0682. The molecule has 0 saturated heterocycles. The van der Waals surface area contributed by atoms with Crippen molar-refractivity contribution in [3.63, 3.8) is 0 Å². The average molecular weight is 952 g/mol. The van der Waals surface area contributed by atoms with Crippen molar-refractivity contribution < 1.29 is 39.6 Å². The number of carbonyl (C=O) groups is 4. The van der Waals surface area contributed by atoms with Crippen LogP contribution < -0.4 is 4.90 Å². The highest BCUT2D eigenvalue weighted by atomic mass is 16.4. The second-order valence-corrected chi connectivity index (χ2v) is 17.9. The number of hydrogen-bond acceptors (Lipinski definition) is 5. The SMILES string of the molecule is CCc1c(CC)c(N(c2ccc(C)cc2)c2ccc(-c3cc(C(=O)O)c(-c4cccc5ccccc45)cc3C(=O)O)cc2)c(CC)c(CC)c1-c1cc(C(=O)O)c(-c2cccc3ccccc23)cc1C(=O)O. The van der Waals surface area contributed by atoms with Gasteiger partial charge in [0.1, 0.15) is 0 Å². The quantitative estimate of drug-likeness (QED) is 0.0787. The van der Waals surface area contributed by atoms with Gasteiger partial charge >= 0.3 is 23.9 Å². The lowest BCUT2D eigenvalue weighted by Crippen LogP contribution is -2.19. The van der Waals surface area contributed by atoms with Crippen molar-refractivity contribution in [3.05, 3.63) is 208 Å². The maximum Gasteiger partial charge on any atom is 0.336 e. The molecule has 9 rings (SSSR count). The second kappa shape index (κ2) is 19.9. The molecule has 72 heavy (non-hydrogen) atoms. The van der Waals surface area contributed by atoms with Crippen molar-refractivity contribution >= 4 is 62.5 Å². The molecular weight excluding hydrogens is 899 g/mol. The topological polar surface area (TPSA) is 152 Å². The molecule has 9 nitrogen and oxygen atoms in total. The number of carboxylic acid groups (broad SMARTS) is 4. The van der Waals surface area contributed by atoms with Crippen molar-refractivity contribution in [1.29, 1.82) is 0 Å². The highest BCUT2D eigenvalue weighted by Gasteiger charge is 2.31. The summed E-state index contributed by atoms with van der Waals surface area (Å²) in [6, 6.07) is 48.1. The van der Waals surface area contributed by atoms with Gasteiger partial charge in [-0.1, -0.05) is 142 Å². The lowest BCUT2D eigenvalue weighted by Gasteiger charge is -2.34. The van der Waals surface area contributed by atoms with E-state index in [9.17, 15) is 39.6 Å². The van der Waals surface area contributed by atoms with Gasteiger partial charge in [-0.25, -0.2) is 19.2 Å². The Bertz CT molecular complexity index is 3600. The van der Waals surface area contributed by atoms with E-state index in [1.165, 1.54) is 18.2 Å². The molecule has 0 heterocycles. The molecule has 4 N–H and O–H groups in total. The van der Waals surface area contributed by atoms with Crippen molar-refractivity contribution in [1.82, 2.24) is 0 Å². The van der Waals surface area contributed by atoms with Crippen LogP contribution in [0.15, 0.2) is 158 Å². The molecule has 0 bridgehead atoms. The molecular formula is C63H53NO8.